The largest absolute Gasteiger partial charge is 0.465 e. The number of pyridine rings is 2. The Kier molecular flexibility index (Phi) is 4.94. The maximum atomic E-state index is 11.7. The van der Waals surface area contributed by atoms with Gasteiger partial charge in [-0.15, -0.1) is 0 Å². The summed E-state index contributed by atoms with van der Waals surface area (Å²) in [6, 6.07) is 5.52. The molecule has 0 atom stereocenters. The van der Waals surface area contributed by atoms with E-state index in [1.54, 1.807) is 18.5 Å². The number of carbonyl (C=O) groups excluding carboxylic acids is 1. The zero-order chi connectivity index (χ0) is 17.8. The van der Waals surface area contributed by atoms with Crippen molar-refractivity contribution in [2.45, 2.75) is 6.42 Å². The standard InChI is InChI=1S/C16H14BrN5O3/c17-12-8-21-15-11(12)5-10(7-20-15)9-1-2-13(19-6-9)22-14(23)3-4-18-16(24)25/h1-2,5-8,18H,3-4H2,(H,20,21)(H,24,25)(H,19,22,23). The maximum Gasteiger partial charge on any atom is 0.404 e. The highest BCUT2D eigenvalue weighted by Crippen LogP contribution is 2.27. The minimum Gasteiger partial charge on any atom is -0.465 e. The Hall–Kier alpha value is -2.94. The topological polar surface area (TPSA) is 120 Å². The number of carbonyl (C=O) groups is 2. The van der Waals surface area contributed by atoms with Crippen LogP contribution in [0.1, 0.15) is 6.42 Å². The van der Waals surface area contributed by atoms with Crippen molar-refractivity contribution in [2.24, 2.45) is 0 Å². The lowest BCUT2D eigenvalue weighted by molar-refractivity contribution is -0.116. The number of nitrogens with zero attached hydrogens (tertiary/aromatic N) is 2. The fourth-order valence-electron chi connectivity index (χ4n) is 2.26. The van der Waals surface area contributed by atoms with E-state index in [1.807, 2.05) is 18.3 Å². The number of anilines is 1. The van der Waals surface area contributed by atoms with Crippen LogP contribution in [0.25, 0.3) is 22.2 Å². The molecule has 0 aliphatic rings. The maximum absolute atomic E-state index is 11.7. The summed E-state index contributed by atoms with van der Waals surface area (Å²) < 4.78 is 0.934. The summed E-state index contributed by atoms with van der Waals surface area (Å²) in [7, 11) is 0. The number of fused-ring (bicyclic) bond motifs is 1. The summed E-state index contributed by atoms with van der Waals surface area (Å²) in [6.45, 7) is 0.0521. The quantitative estimate of drug-likeness (QED) is 0.521. The van der Waals surface area contributed by atoms with E-state index in [1.165, 1.54) is 0 Å². The highest BCUT2D eigenvalue weighted by atomic mass is 79.9. The number of rotatable bonds is 5. The Morgan fingerprint density at radius 3 is 2.72 bits per heavy atom. The van der Waals surface area contributed by atoms with E-state index in [-0.39, 0.29) is 18.9 Å². The molecule has 0 radical (unpaired) electrons. The molecule has 0 fully saturated rings. The lowest BCUT2D eigenvalue weighted by Gasteiger charge is -2.06. The third kappa shape index (κ3) is 4.13. The molecule has 3 aromatic rings. The summed E-state index contributed by atoms with van der Waals surface area (Å²) >= 11 is 3.47. The van der Waals surface area contributed by atoms with Gasteiger partial charge in [0.2, 0.25) is 5.91 Å². The van der Waals surface area contributed by atoms with E-state index in [0.29, 0.717) is 5.82 Å². The van der Waals surface area contributed by atoms with Crippen molar-refractivity contribution < 1.29 is 14.7 Å². The molecule has 0 aliphatic heterocycles. The first-order valence-electron chi connectivity index (χ1n) is 7.38. The van der Waals surface area contributed by atoms with Crippen molar-refractivity contribution in [2.75, 3.05) is 11.9 Å². The summed E-state index contributed by atoms with van der Waals surface area (Å²) in [5, 5.41) is 14.2. The molecule has 0 saturated carbocycles. The molecule has 3 rings (SSSR count). The minimum absolute atomic E-state index is 0.0395. The van der Waals surface area contributed by atoms with Crippen LogP contribution in [-0.4, -0.2) is 38.6 Å². The first kappa shape index (κ1) is 16.9. The van der Waals surface area contributed by atoms with Crippen LogP contribution < -0.4 is 10.6 Å². The number of hydrogen-bond donors (Lipinski definition) is 4. The van der Waals surface area contributed by atoms with Gasteiger partial charge in [0.1, 0.15) is 11.5 Å². The summed E-state index contributed by atoms with van der Waals surface area (Å²) in [4.78, 5) is 33.7. The van der Waals surface area contributed by atoms with Gasteiger partial charge in [0, 0.05) is 52.5 Å². The van der Waals surface area contributed by atoms with Crippen molar-refractivity contribution in [1.82, 2.24) is 20.3 Å². The van der Waals surface area contributed by atoms with Crippen LogP contribution in [0.2, 0.25) is 0 Å². The van der Waals surface area contributed by atoms with Crippen LogP contribution in [0.5, 0.6) is 0 Å². The van der Waals surface area contributed by atoms with Gasteiger partial charge in [0.15, 0.2) is 0 Å². The second-order valence-electron chi connectivity index (χ2n) is 5.22. The van der Waals surface area contributed by atoms with Crippen LogP contribution in [0.15, 0.2) is 41.3 Å². The predicted octanol–water partition coefficient (Wildman–Crippen LogP) is 2.98. The van der Waals surface area contributed by atoms with Crippen molar-refractivity contribution in [3.63, 3.8) is 0 Å². The molecule has 0 aliphatic carbocycles. The minimum atomic E-state index is -1.16. The molecule has 25 heavy (non-hydrogen) atoms. The molecule has 9 heteroatoms. The number of carboxylic acid groups (broad SMARTS) is 1. The monoisotopic (exact) mass is 403 g/mol. The molecule has 2 amide bonds. The van der Waals surface area contributed by atoms with Gasteiger partial charge in [0.25, 0.3) is 0 Å². The number of aromatic amines is 1. The van der Waals surface area contributed by atoms with Gasteiger partial charge in [-0.25, -0.2) is 14.8 Å². The summed E-state index contributed by atoms with van der Waals surface area (Å²) in [5.41, 5.74) is 2.57. The third-order valence-corrected chi connectivity index (χ3v) is 4.13. The average Bonchev–Trinajstić information content (AvgIpc) is 2.96. The second-order valence-corrected chi connectivity index (χ2v) is 6.07. The lowest BCUT2D eigenvalue weighted by Crippen LogP contribution is -2.26. The van der Waals surface area contributed by atoms with E-state index in [2.05, 4.69) is 41.5 Å². The Morgan fingerprint density at radius 1 is 1.20 bits per heavy atom. The summed E-state index contributed by atoms with van der Waals surface area (Å²) in [5.74, 6) is 0.0919. The number of H-pyrrole nitrogens is 1. The van der Waals surface area contributed by atoms with Crippen LogP contribution in [0, 0.1) is 0 Å². The average molecular weight is 404 g/mol. The van der Waals surface area contributed by atoms with Crippen LogP contribution in [0.4, 0.5) is 10.6 Å². The molecule has 0 saturated heterocycles. The van der Waals surface area contributed by atoms with Crippen LogP contribution in [-0.2, 0) is 4.79 Å². The van der Waals surface area contributed by atoms with Crippen molar-refractivity contribution in [3.8, 4) is 11.1 Å². The number of halogens is 1. The van der Waals surface area contributed by atoms with Gasteiger partial charge in [-0.05, 0) is 34.1 Å². The molecule has 0 spiro atoms. The van der Waals surface area contributed by atoms with E-state index < -0.39 is 6.09 Å². The summed E-state index contributed by atoms with van der Waals surface area (Å²) in [6.07, 6.45) is 4.11. The van der Waals surface area contributed by atoms with E-state index in [4.69, 9.17) is 5.11 Å². The van der Waals surface area contributed by atoms with Crippen molar-refractivity contribution >= 4 is 44.8 Å². The van der Waals surface area contributed by atoms with E-state index in [9.17, 15) is 9.59 Å². The first-order chi connectivity index (χ1) is 12.0. The third-order valence-electron chi connectivity index (χ3n) is 3.47. The molecular formula is C16H14BrN5O3. The van der Waals surface area contributed by atoms with Gasteiger partial charge in [-0.1, -0.05) is 0 Å². The zero-order valence-corrected chi connectivity index (χ0v) is 14.5. The first-order valence-corrected chi connectivity index (χ1v) is 8.18. The highest BCUT2D eigenvalue weighted by Gasteiger charge is 2.07. The predicted molar refractivity (Wildman–Crippen MR) is 96.3 cm³/mol. The van der Waals surface area contributed by atoms with Crippen LogP contribution >= 0.6 is 15.9 Å². The number of hydrogen-bond acceptors (Lipinski definition) is 4. The Bertz CT molecular complexity index is 923. The number of aromatic nitrogens is 3. The number of nitrogens with one attached hydrogen (secondary N) is 3. The van der Waals surface area contributed by atoms with Gasteiger partial charge in [-0.2, -0.15) is 0 Å². The molecule has 3 heterocycles. The molecule has 0 aromatic carbocycles. The SMILES string of the molecule is O=C(O)NCCC(=O)Nc1ccc(-c2cnc3[nH]cc(Br)c3c2)cn1. The molecule has 4 N–H and O–H groups in total. The Balaban J connectivity index is 1.67. The van der Waals surface area contributed by atoms with Gasteiger partial charge in [0.05, 0.1) is 0 Å². The van der Waals surface area contributed by atoms with Crippen molar-refractivity contribution in [1.29, 1.82) is 0 Å². The molecule has 128 valence electrons. The number of amides is 2. The zero-order valence-electron chi connectivity index (χ0n) is 12.9. The van der Waals surface area contributed by atoms with Crippen LogP contribution in [0.3, 0.4) is 0 Å². The molecule has 0 unspecified atom stereocenters. The van der Waals surface area contributed by atoms with Gasteiger partial charge < -0.3 is 20.7 Å². The second kappa shape index (κ2) is 7.31. The molecule has 3 aromatic heterocycles. The fraction of sp³-hybridized carbons (Fsp3) is 0.125. The smallest absolute Gasteiger partial charge is 0.404 e. The van der Waals surface area contributed by atoms with E-state index in [0.717, 1.165) is 26.6 Å². The molecule has 0 bridgehead atoms. The Labute approximate surface area is 150 Å². The highest BCUT2D eigenvalue weighted by molar-refractivity contribution is 9.10. The fourth-order valence-corrected chi connectivity index (χ4v) is 2.67. The van der Waals surface area contributed by atoms with Gasteiger partial charge >= 0.3 is 6.09 Å². The molecular weight excluding hydrogens is 390 g/mol. The van der Waals surface area contributed by atoms with Gasteiger partial charge in [-0.3, -0.25) is 4.79 Å². The Morgan fingerprint density at radius 2 is 2.00 bits per heavy atom. The molecule has 8 nitrogen and oxygen atoms in total. The van der Waals surface area contributed by atoms with E-state index >= 15 is 0 Å². The van der Waals surface area contributed by atoms with Crippen molar-refractivity contribution in [3.05, 3.63) is 41.3 Å². The lowest BCUT2D eigenvalue weighted by atomic mass is 10.1. The normalized spacial score (nSPS) is 10.6.